The van der Waals surface area contributed by atoms with Crippen molar-refractivity contribution in [2.45, 2.75) is 62.9 Å². The summed E-state index contributed by atoms with van der Waals surface area (Å²) in [6.07, 6.45) is 7.55. The monoisotopic (exact) mass is 450 g/mol. The Morgan fingerprint density at radius 2 is 1.79 bits per heavy atom. The number of carbonyl (C=O) groups excluding carboxylic acids is 1. The fourth-order valence-corrected chi connectivity index (χ4v) is 7.24. The quantitative estimate of drug-likeness (QED) is 0.502. The second kappa shape index (κ2) is 8.78. The van der Waals surface area contributed by atoms with Crippen molar-refractivity contribution in [3.63, 3.8) is 0 Å². The number of rotatable bonds is 9. The lowest BCUT2D eigenvalue weighted by molar-refractivity contribution is -0.131. The number of amides is 1. The van der Waals surface area contributed by atoms with Crippen LogP contribution in [0.1, 0.15) is 51.4 Å². The third kappa shape index (κ3) is 5.30. The third-order valence-electron chi connectivity index (χ3n) is 6.91. The summed E-state index contributed by atoms with van der Waals surface area (Å²) in [5.74, 6) is -0.104. The Labute approximate surface area is 174 Å². The van der Waals surface area contributed by atoms with Crippen LogP contribution in [0.4, 0.5) is 0 Å². The summed E-state index contributed by atoms with van der Waals surface area (Å²) >= 11 is 0. The van der Waals surface area contributed by atoms with Crippen LogP contribution in [0.25, 0.3) is 0 Å². The number of nitrogens with zero attached hydrogens (tertiary/aromatic N) is 2. The van der Waals surface area contributed by atoms with E-state index in [2.05, 4.69) is 9.62 Å². The zero-order chi connectivity index (χ0) is 21.3. The van der Waals surface area contributed by atoms with Crippen molar-refractivity contribution in [2.24, 2.45) is 11.7 Å². The van der Waals surface area contributed by atoms with Crippen molar-refractivity contribution >= 4 is 26.0 Å². The van der Waals surface area contributed by atoms with Gasteiger partial charge in [-0.05, 0) is 57.3 Å². The molecule has 2 atom stereocenters. The van der Waals surface area contributed by atoms with Crippen LogP contribution in [0.3, 0.4) is 0 Å². The lowest BCUT2D eigenvalue weighted by Gasteiger charge is -2.42. The minimum atomic E-state index is -3.40. The highest BCUT2D eigenvalue weighted by molar-refractivity contribution is 7.89. The number of hydrogen-bond acceptors (Lipinski definition) is 6. The van der Waals surface area contributed by atoms with E-state index in [0.717, 1.165) is 32.1 Å². The van der Waals surface area contributed by atoms with Crippen molar-refractivity contribution in [1.29, 1.82) is 0 Å². The van der Waals surface area contributed by atoms with Crippen molar-refractivity contribution in [2.75, 3.05) is 38.2 Å². The summed E-state index contributed by atoms with van der Waals surface area (Å²) in [5.41, 5.74) is 5.13. The van der Waals surface area contributed by atoms with E-state index in [1.54, 1.807) is 0 Å². The molecule has 3 fully saturated rings. The van der Waals surface area contributed by atoms with Crippen LogP contribution in [0.2, 0.25) is 0 Å². The molecule has 9 nitrogen and oxygen atoms in total. The first kappa shape index (κ1) is 22.9. The Morgan fingerprint density at radius 1 is 1.10 bits per heavy atom. The average Bonchev–Trinajstić information content (AvgIpc) is 2.85. The SMILES string of the molecule is CS(=O)(=O)N1CCC(CNS(=O)(=O)CCCN2[C@@H]3CCC[C@@]2(C(N)=O)CC3)CC1. The highest BCUT2D eigenvalue weighted by atomic mass is 32.2. The Balaban J connectivity index is 1.43. The van der Waals surface area contributed by atoms with Gasteiger partial charge in [0.25, 0.3) is 0 Å². The highest BCUT2D eigenvalue weighted by Gasteiger charge is 2.52. The molecule has 0 spiro atoms. The maximum Gasteiger partial charge on any atom is 0.237 e. The predicted octanol–water partition coefficient (Wildman–Crippen LogP) is -0.160. The highest BCUT2D eigenvalue weighted by Crippen LogP contribution is 2.43. The standard InChI is InChI=1S/C18H34N4O5S2/c1-28(24,25)21-11-6-15(7-12-21)14-20-29(26,27)13-3-10-22-16-4-2-8-18(22,9-5-16)17(19)23/h15-16,20H,2-14H2,1H3,(H2,19,23)/t16-,18+/m1/s1. The maximum atomic E-state index is 12.4. The van der Waals surface area contributed by atoms with Gasteiger partial charge in [0.05, 0.1) is 12.0 Å². The molecule has 168 valence electrons. The minimum Gasteiger partial charge on any atom is -0.368 e. The van der Waals surface area contributed by atoms with E-state index in [0.29, 0.717) is 51.5 Å². The van der Waals surface area contributed by atoms with Gasteiger partial charge in [0.2, 0.25) is 26.0 Å². The number of primary amides is 1. The second-order valence-electron chi connectivity index (χ2n) is 8.80. The molecule has 0 aliphatic carbocycles. The topological polar surface area (TPSA) is 130 Å². The Bertz CT molecular complexity index is 804. The first-order valence-electron chi connectivity index (χ1n) is 10.5. The van der Waals surface area contributed by atoms with Crippen LogP contribution in [-0.2, 0) is 24.8 Å². The molecular formula is C18H34N4O5S2. The first-order chi connectivity index (χ1) is 13.5. The molecule has 3 saturated heterocycles. The Hall–Kier alpha value is -0.750. The molecule has 3 aliphatic rings. The van der Waals surface area contributed by atoms with Gasteiger partial charge in [-0.3, -0.25) is 9.69 Å². The Morgan fingerprint density at radius 3 is 2.41 bits per heavy atom. The van der Waals surface area contributed by atoms with E-state index in [1.807, 2.05) is 0 Å². The zero-order valence-electron chi connectivity index (χ0n) is 17.2. The summed E-state index contributed by atoms with van der Waals surface area (Å²) in [4.78, 5) is 14.2. The van der Waals surface area contributed by atoms with Crippen molar-refractivity contribution in [3.05, 3.63) is 0 Å². The fraction of sp³-hybridized carbons (Fsp3) is 0.944. The molecule has 11 heteroatoms. The van der Waals surface area contributed by atoms with Gasteiger partial charge in [0, 0.05) is 32.2 Å². The smallest absolute Gasteiger partial charge is 0.237 e. The zero-order valence-corrected chi connectivity index (χ0v) is 18.8. The van der Waals surface area contributed by atoms with Gasteiger partial charge in [-0.25, -0.2) is 25.9 Å². The molecule has 3 N–H and O–H groups in total. The van der Waals surface area contributed by atoms with Crippen LogP contribution in [0.5, 0.6) is 0 Å². The van der Waals surface area contributed by atoms with Crippen LogP contribution in [0, 0.1) is 5.92 Å². The number of hydrogen-bond donors (Lipinski definition) is 2. The average molecular weight is 451 g/mol. The van der Waals surface area contributed by atoms with Crippen LogP contribution < -0.4 is 10.5 Å². The molecule has 0 saturated carbocycles. The maximum absolute atomic E-state index is 12.4. The van der Waals surface area contributed by atoms with Gasteiger partial charge in [-0.1, -0.05) is 0 Å². The van der Waals surface area contributed by atoms with E-state index in [-0.39, 0.29) is 17.6 Å². The number of piperidine rings is 2. The van der Waals surface area contributed by atoms with Gasteiger partial charge >= 0.3 is 0 Å². The number of carbonyl (C=O) groups is 1. The fourth-order valence-electron chi connectivity index (χ4n) is 5.22. The number of sulfonamides is 2. The summed E-state index contributed by atoms with van der Waals surface area (Å²) in [6.45, 7) is 1.80. The van der Waals surface area contributed by atoms with Gasteiger partial charge in [0.1, 0.15) is 5.54 Å². The van der Waals surface area contributed by atoms with E-state index in [9.17, 15) is 21.6 Å². The second-order valence-corrected chi connectivity index (χ2v) is 12.7. The molecule has 2 bridgehead atoms. The van der Waals surface area contributed by atoms with E-state index >= 15 is 0 Å². The van der Waals surface area contributed by atoms with E-state index in [1.165, 1.54) is 10.6 Å². The molecule has 29 heavy (non-hydrogen) atoms. The molecule has 1 amide bonds. The molecule has 0 aromatic carbocycles. The first-order valence-corrected chi connectivity index (χ1v) is 14.0. The lowest BCUT2D eigenvalue weighted by Crippen LogP contribution is -2.58. The summed E-state index contributed by atoms with van der Waals surface area (Å²) in [7, 11) is -6.58. The minimum absolute atomic E-state index is 0.0211. The number of nitrogens with two attached hydrogens (primary N) is 1. The number of fused-ring (bicyclic) bond motifs is 2. The molecule has 0 aromatic heterocycles. The summed E-state index contributed by atoms with van der Waals surface area (Å²) < 4.78 is 52.0. The van der Waals surface area contributed by atoms with Gasteiger partial charge in [0.15, 0.2) is 0 Å². The van der Waals surface area contributed by atoms with Crippen LogP contribution in [0.15, 0.2) is 0 Å². The third-order valence-corrected chi connectivity index (χ3v) is 9.65. The van der Waals surface area contributed by atoms with Crippen LogP contribution >= 0.6 is 0 Å². The molecule has 3 rings (SSSR count). The molecule has 3 aliphatic heterocycles. The van der Waals surface area contributed by atoms with Gasteiger partial charge in [-0.15, -0.1) is 0 Å². The summed E-state index contributed by atoms with van der Waals surface area (Å²) in [6, 6.07) is 0.340. The van der Waals surface area contributed by atoms with Crippen LogP contribution in [-0.4, -0.2) is 81.7 Å². The molecule has 0 radical (unpaired) electrons. The van der Waals surface area contributed by atoms with E-state index in [4.69, 9.17) is 5.73 Å². The largest absolute Gasteiger partial charge is 0.368 e. The van der Waals surface area contributed by atoms with E-state index < -0.39 is 25.6 Å². The normalized spacial score (nSPS) is 29.9. The van der Waals surface area contributed by atoms with Gasteiger partial charge < -0.3 is 5.73 Å². The molecule has 0 unspecified atom stereocenters. The van der Waals surface area contributed by atoms with Gasteiger partial charge in [-0.2, -0.15) is 0 Å². The molecule has 3 heterocycles. The predicted molar refractivity (Wildman–Crippen MR) is 111 cm³/mol. The molecule has 0 aromatic rings. The number of nitrogens with one attached hydrogen (secondary N) is 1. The van der Waals surface area contributed by atoms with Crippen molar-refractivity contribution in [3.8, 4) is 0 Å². The Kier molecular flexibility index (Phi) is 6.94. The van der Waals surface area contributed by atoms with Crippen molar-refractivity contribution < 1.29 is 21.6 Å². The summed E-state index contributed by atoms with van der Waals surface area (Å²) in [5, 5.41) is 0. The van der Waals surface area contributed by atoms with Crippen molar-refractivity contribution in [1.82, 2.24) is 13.9 Å². The molecular weight excluding hydrogens is 416 g/mol. The lowest BCUT2D eigenvalue weighted by atomic mass is 9.87.